The van der Waals surface area contributed by atoms with Gasteiger partial charge in [0.05, 0.1) is 18.8 Å². The Bertz CT molecular complexity index is 823. The Morgan fingerprint density at radius 1 is 1.31 bits per heavy atom. The molecule has 1 aromatic carbocycles. The summed E-state index contributed by atoms with van der Waals surface area (Å²) in [6, 6.07) is 2.77. The lowest BCUT2D eigenvalue weighted by atomic mass is 10.2. The minimum atomic E-state index is -0.838. The minimum Gasteiger partial charge on any atom is -0.450 e. The number of hydrogen-bond acceptors (Lipinski definition) is 5. The first-order valence-electron chi connectivity index (χ1n) is 7.90. The van der Waals surface area contributed by atoms with E-state index in [1.54, 1.807) is 6.92 Å². The Balaban J connectivity index is 1.67. The lowest BCUT2D eigenvalue weighted by molar-refractivity contribution is 0.168. The van der Waals surface area contributed by atoms with E-state index in [2.05, 4.69) is 15.6 Å². The molecule has 26 heavy (non-hydrogen) atoms. The molecule has 0 radical (unpaired) electrons. The molecule has 2 heterocycles. The second kappa shape index (κ2) is 7.65. The van der Waals surface area contributed by atoms with E-state index >= 15 is 0 Å². The quantitative estimate of drug-likeness (QED) is 0.850. The van der Waals surface area contributed by atoms with Gasteiger partial charge in [0.15, 0.2) is 5.13 Å². The number of benzene rings is 1. The van der Waals surface area contributed by atoms with Crippen molar-refractivity contribution in [1.29, 1.82) is 0 Å². The molecule has 2 aromatic rings. The average Bonchev–Trinajstić information content (AvgIpc) is 2.99. The average molecular weight is 382 g/mol. The zero-order chi connectivity index (χ0) is 18.7. The molecule has 1 aliphatic heterocycles. The first-order chi connectivity index (χ1) is 12.5. The maximum Gasteiger partial charge on any atom is 0.413 e. The summed E-state index contributed by atoms with van der Waals surface area (Å²) < 4.78 is 32.1. The van der Waals surface area contributed by atoms with Gasteiger partial charge < -0.3 is 15.0 Å². The monoisotopic (exact) mass is 382 g/mol. The van der Waals surface area contributed by atoms with Gasteiger partial charge in [-0.2, -0.15) is 0 Å². The summed E-state index contributed by atoms with van der Waals surface area (Å²) in [4.78, 5) is 30.3. The van der Waals surface area contributed by atoms with Gasteiger partial charge in [-0.15, -0.1) is 0 Å². The molecular formula is C16H16F2N4O3S. The van der Waals surface area contributed by atoms with Crippen LogP contribution in [-0.2, 0) is 17.7 Å². The maximum atomic E-state index is 13.7. The Morgan fingerprint density at radius 3 is 2.73 bits per heavy atom. The van der Waals surface area contributed by atoms with Crippen molar-refractivity contribution in [3.63, 3.8) is 0 Å². The number of hydrogen-bond donors (Lipinski definition) is 2. The van der Waals surface area contributed by atoms with E-state index < -0.39 is 29.4 Å². The summed E-state index contributed by atoms with van der Waals surface area (Å²) in [6.45, 7) is 2.52. The molecule has 0 fully saturated rings. The van der Waals surface area contributed by atoms with Crippen LogP contribution in [0.15, 0.2) is 18.2 Å². The highest BCUT2D eigenvalue weighted by Gasteiger charge is 2.25. The van der Waals surface area contributed by atoms with E-state index in [1.807, 2.05) is 0 Å². The molecule has 0 bridgehead atoms. The number of amides is 3. The predicted octanol–water partition coefficient (Wildman–Crippen LogP) is 3.58. The van der Waals surface area contributed by atoms with Crippen molar-refractivity contribution >= 4 is 34.3 Å². The number of anilines is 2. The molecule has 10 heteroatoms. The fourth-order valence-electron chi connectivity index (χ4n) is 2.48. The van der Waals surface area contributed by atoms with Gasteiger partial charge in [-0.25, -0.2) is 23.4 Å². The van der Waals surface area contributed by atoms with Crippen LogP contribution in [0.4, 0.5) is 29.2 Å². The number of carbonyl (C=O) groups excluding carboxylic acids is 2. The maximum absolute atomic E-state index is 13.7. The van der Waals surface area contributed by atoms with Crippen molar-refractivity contribution in [3.05, 3.63) is 40.4 Å². The van der Waals surface area contributed by atoms with Crippen LogP contribution < -0.4 is 10.6 Å². The largest absolute Gasteiger partial charge is 0.450 e. The first kappa shape index (κ1) is 18.1. The van der Waals surface area contributed by atoms with Crippen molar-refractivity contribution in [3.8, 4) is 0 Å². The standard InChI is InChI=1S/C16H16F2N4O3S/c1-2-25-16(24)21-14-19-11-6-7-22(8-12(11)26-14)15(23)20-13-9(17)4-3-5-10(13)18/h3-5H,2,6-8H2,1H3,(H,20,23)(H,19,21,24). The number of aromatic nitrogens is 1. The number of nitrogens with one attached hydrogen (secondary N) is 2. The summed E-state index contributed by atoms with van der Waals surface area (Å²) in [7, 11) is 0. The molecule has 3 amide bonds. The molecule has 1 aliphatic rings. The van der Waals surface area contributed by atoms with Crippen molar-refractivity contribution in [1.82, 2.24) is 9.88 Å². The molecule has 3 rings (SSSR count). The highest BCUT2D eigenvalue weighted by atomic mass is 32.1. The Hall–Kier alpha value is -2.75. The Morgan fingerprint density at radius 2 is 2.04 bits per heavy atom. The van der Waals surface area contributed by atoms with E-state index in [0.29, 0.717) is 18.1 Å². The van der Waals surface area contributed by atoms with Gasteiger partial charge in [-0.05, 0) is 19.1 Å². The van der Waals surface area contributed by atoms with Gasteiger partial charge in [-0.1, -0.05) is 17.4 Å². The third-order valence-electron chi connectivity index (χ3n) is 3.70. The van der Waals surface area contributed by atoms with Crippen molar-refractivity contribution in [2.24, 2.45) is 0 Å². The number of halogens is 2. The normalized spacial score (nSPS) is 13.1. The van der Waals surface area contributed by atoms with Crippen LogP contribution in [0.2, 0.25) is 0 Å². The third-order valence-corrected chi connectivity index (χ3v) is 4.70. The van der Waals surface area contributed by atoms with Crippen LogP contribution in [0.1, 0.15) is 17.5 Å². The minimum absolute atomic E-state index is 0.236. The van der Waals surface area contributed by atoms with Gasteiger partial charge in [0.1, 0.15) is 17.3 Å². The van der Waals surface area contributed by atoms with E-state index in [4.69, 9.17) is 4.74 Å². The molecule has 2 N–H and O–H groups in total. The molecular weight excluding hydrogens is 366 g/mol. The summed E-state index contributed by atoms with van der Waals surface area (Å²) >= 11 is 1.23. The number of ether oxygens (including phenoxy) is 1. The third kappa shape index (κ3) is 3.90. The van der Waals surface area contributed by atoms with E-state index in [-0.39, 0.29) is 13.2 Å². The Labute approximate surface area is 152 Å². The number of nitrogens with zero attached hydrogens (tertiary/aromatic N) is 2. The van der Waals surface area contributed by atoms with E-state index in [0.717, 1.165) is 22.7 Å². The molecule has 0 atom stereocenters. The van der Waals surface area contributed by atoms with Gasteiger partial charge in [-0.3, -0.25) is 5.32 Å². The fraction of sp³-hybridized carbons (Fsp3) is 0.312. The molecule has 7 nitrogen and oxygen atoms in total. The zero-order valence-corrected chi connectivity index (χ0v) is 14.7. The molecule has 0 aliphatic carbocycles. The van der Waals surface area contributed by atoms with Gasteiger partial charge >= 0.3 is 12.1 Å². The zero-order valence-electron chi connectivity index (χ0n) is 13.8. The van der Waals surface area contributed by atoms with Crippen LogP contribution in [0.3, 0.4) is 0 Å². The summed E-state index contributed by atoms with van der Waals surface area (Å²) in [6.07, 6.45) is -0.119. The number of thiazole rings is 1. The molecule has 0 spiro atoms. The van der Waals surface area contributed by atoms with Crippen molar-refractivity contribution < 1.29 is 23.1 Å². The summed E-state index contributed by atoms with van der Waals surface area (Å²) in [5.74, 6) is -1.68. The lowest BCUT2D eigenvalue weighted by Crippen LogP contribution is -2.38. The summed E-state index contributed by atoms with van der Waals surface area (Å²) in [5.41, 5.74) is 0.306. The van der Waals surface area contributed by atoms with Gasteiger partial charge in [0, 0.05) is 17.8 Å². The van der Waals surface area contributed by atoms with Crippen LogP contribution >= 0.6 is 11.3 Å². The second-order valence-electron chi connectivity index (χ2n) is 5.43. The predicted molar refractivity (Wildman–Crippen MR) is 92.2 cm³/mol. The fourth-order valence-corrected chi connectivity index (χ4v) is 3.49. The molecule has 138 valence electrons. The van der Waals surface area contributed by atoms with Crippen LogP contribution in [0.25, 0.3) is 0 Å². The van der Waals surface area contributed by atoms with Gasteiger partial charge in [0.2, 0.25) is 0 Å². The highest BCUT2D eigenvalue weighted by Crippen LogP contribution is 2.29. The number of carbonyl (C=O) groups is 2. The topological polar surface area (TPSA) is 83.6 Å². The molecule has 0 saturated carbocycles. The lowest BCUT2D eigenvalue weighted by Gasteiger charge is -2.26. The second-order valence-corrected chi connectivity index (χ2v) is 6.52. The van der Waals surface area contributed by atoms with Crippen LogP contribution in [-0.4, -0.2) is 35.2 Å². The number of rotatable bonds is 3. The molecule has 1 aromatic heterocycles. The first-order valence-corrected chi connectivity index (χ1v) is 8.72. The van der Waals surface area contributed by atoms with Crippen LogP contribution in [0, 0.1) is 11.6 Å². The smallest absolute Gasteiger partial charge is 0.413 e. The molecule has 0 unspecified atom stereocenters. The SMILES string of the molecule is CCOC(=O)Nc1nc2c(s1)CN(C(=O)Nc1c(F)cccc1F)CC2. The van der Waals surface area contributed by atoms with Gasteiger partial charge in [0.25, 0.3) is 0 Å². The van der Waals surface area contributed by atoms with Crippen LogP contribution in [0.5, 0.6) is 0 Å². The Kier molecular flexibility index (Phi) is 5.31. The number of para-hydroxylation sites is 1. The van der Waals surface area contributed by atoms with E-state index in [9.17, 15) is 18.4 Å². The van der Waals surface area contributed by atoms with E-state index in [1.165, 1.54) is 22.3 Å². The number of fused-ring (bicyclic) bond motifs is 1. The molecule has 0 saturated heterocycles. The van der Waals surface area contributed by atoms with Crippen molar-refractivity contribution in [2.75, 3.05) is 23.8 Å². The summed E-state index contributed by atoms with van der Waals surface area (Å²) in [5, 5.41) is 5.18. The number of urea groups is 1. The van der Waals surface area contributed by atoms with Crippen molar-refractivity contribution in [2.45, 2.75) is 19.9 Å². The highest BCUT2D eigenvalue weighted by molar-refractivity contribution is 7.15.